The van der Waals surface area contributed by atoms with E-state index in [2.05, 4.69) is 18.4 Å². The highest BCUT2D eigenvalue weighted by molar-refractivity contribution is 7.89. The third kappa shape index (κ3) is 5.80. The molecule has 0 aromatic heterocycles. The SMILES string of the molecule is C=CC(COCc1ccccc1)N(CC#CC)S(=O)(=O)c1ccc(C)cc1. The van der Waals surface area contributed by atoms with E-state index in [1.165, 1.54) is 4.31 Å². The molecule has 4 nitrogen and oxygen atoms in total. The number of sulfonamides is 1. The van der Waals surface area contributed by atoms with Crippen LogP contribution in [0.4, 0.5) is 0 Å². The average Bonchev–Trinajstić information content (AvgIpc) is 2.68. The van der Waals surface area contributed by atoms with Crippen molar-refractivity contribution in [3.63, 3.8) is 0 Å². The Labute approximate surface area is 162 Å². The molecule has 0 saturated heterocycles. The molecule has 0 fully saturated rings. The van der Waals surface area contributed by atoms with Crippen LogP contribution in [0.1, 0.15) is 18.1 Å². The summed E-state index contributed by atoms with van der Waals surface area (Å²) in [7, 11) is -3.72. The van der Waals surface area contributed by atoms with Gasteiger partial charge < -0.3 is 4.74 Å². The van der Waals surface area contributed by atoms with Crippen LogP contribution in [0.3, 0.4) is 0 Å². The number of hydrogen-bond acceptors (Lipinski definition) is 3. The standard InChI is InChI=1S/C22H25NO3S/c1-4-6-16-23(27(24,25)22-14-12-19(3)13-15-22)21(5-2)18-26-17-20-10-8-7-9-11-20/h5,7-15,21H,2,16-18H2,1,3H3. The van der Waals surface area contributed by atoms with Crippen LogP contribution in [-0.4, -0.2) is 31.9 Å². The zero-order valence-corrected chi connectivity index (χ0v) is 16.6. The normalized spacial score (nSPS) is 12.3. The van der Waals surface area contributed by atoms with Gasteiger partial charge in [0.15, 0.2) is 0 Å². The molecule has 0 saturated carbocycles. The van der Waals surface area contributed by atoms with Gasteiger partial charge in [0.1, 0.15) is 0 Å². The molecule has 1 unspecified atom stereocenters. The number of aryl methyl sites for hydroxylation is 1. The first kappa shape index (κ1) is 20.9. The van der Waals surface area contributed by atoms with Crippen molar-refractivity contribution in [2.45, 2.75) is 31.4 Å². The van der Waals surface area contributed by atoms with Crippen molar-refractivity contribution in [2.75, 3.05) is 13.2 Å². The Hall–Kier alpha value is -2.39. The fourth-order valence-corrected chi connectivity index (χ4v) is 4.01. The van der Waals surface area contributed by atoms with Crippen LogP contribution in [0.5, 0.6) is 0 Å². The topological polar surface area (TPSA) is 46.6 Å². The Morgan fingerprint density at radius 3 is 2.41 bits per heavy atom. The second kappa shape index (κ2) is 10.1. The molecule has 0 radical (unpaired) electrons. The Kier molecular flexibility index (Phi) is 7.81. The summed E-state index contributed by atoms with van der Waals surface area (Å²) in [5.41, 5.74) is 2.03. The van der Waals surface area contributed by atoms with Crippen molar-refractivity contribution in [2.24, 2.45) is 0 Å². The highest BCUT2D eigenvalue weighted by atomic mass is 32.2. The van der Waals surface area contributed by atoms with E-state index >= 15 is 0 Å². The molecular formula is C22H25NO3S. The molecule has 27 heavy (non-hydrogen) atoms. The summed E-state index contributed by atoms with van der Waals surface area (Å²) in [5.74, 6) is 5.61. The van der Waals surface area contributed by atoms with Gasteiger partial charge in [0.25, 0.3) is 0 Å². The molecule has 0 aliphatic carbocycles. The van der Waals surface area contributed by atoms with Gasteiger partial charge in [0.05, 0.1) is 30.7 Å². The summed E-state index contributed by atoms with van der Waals surface area (Å²) in [6, 6.07) is 16.0. The first-order valence-corrected chi connectivity index (χ1v) is 10.2. The van der Waals surface area contributed by atoms with Gasteiger partial charge in [-0.15, -0.1) is 12.5 Å². The zero-order valence-electron chi connectivity index (χ0n) is 15.8. The van der Waals surface area contributed by atoms with Crippen molar-refractivity contribution in [1.29, 1.82) is 0 Å². The molecule has 0 bridgehead atoms. The Morgan fingerprint density at radius 1 is 1.15 bits per heavy atom. The molecule has 0 amide bonds. The largest absolute Gasteiger partial charge is 0.375 e. The van der Waals surface area contributed by atoms with Gasteiger partial charge >= 0.3 is 0 Å². The maximum atomic E-state index is 13.1. The van der Waals surface area contributed by atoms with Gasteiger partial charge in [-0.3, -0.25) is 0 Å². The molecule has 2 rings (SSSR count). The minimum Gasteiger partial charge on any atom is -0.375 e. The highest BCUT2D eigenvalue weighted by Crippen LogP contribution is 2.20. The monoisotopic (exact) mass is 383 g/mol. The van der Waals surface area contributed by atoms with Crippen molar-refractivity contribution in [3.8, 4) is 11.8 Å². The van der Waals surface area contributed by atoms with Gasteiger partial charge in [-0.2, -0.15) is 4.31 Å². The fraction of sp³-hybridized carbons (Fsp3) is 0.273. The first-order valence-electron chi connectivity index (χ1n) is 8.71. The molecule has 0 spiro atoms. The van der Waals surface area contributed by atoms with Crippen molar-refractivity contribution in [1.82, 2.24) is 4.31 Å². The number of benzene rings is 2. The number of rotatable bonds is 9. The Morgan fingerprint density at radius 2 is 1.81 bits per heavy atom. The molecule has 0 aliphatic heterocycles. The summed E-state index contributed by atoms with van der Waals surface area (Å²) in [5, 5.41) is 0. The van der Waals surface area contributed by atoms with E-state index in [4.69, 9.17) is 4.74 Å². The van der Waals surface area contributed by atoms with Crippen LogP contribution in [-0.2, 0) is 21.4 Å². The van der Waals surface area contributed by atoms with Crippen LogP contribution in [0.25, 0.3) is 0 Å². The van der Waals surface area contributed by atoms with E-state index in [1.807, 2.05) is 37.3 Å². The van der Waals surface area contributed by atoms with Gasteiger partial charge in [-0.05, 0) is 31.5 Å². The molecule has 1 atom stereocenters. The van der Waals surface area contributed by atoms with E-state index in [0.717, 1.165) is 11.1 Å². The minimum absolute atomic E-state index is 0.0814. The summed E-state index contributed by atoms with van der Waals surface area (Å²) < 4.78 is 33.4. The molecule has 0 aliphatic rings. The predicted molar refractivity (Wildman–Crippen MR) is 109 cm³/mol. The summed E-state index contributed by atoms with van der Waals surface area (Å²) >= 11 is 0. The summed E-state index contributed by atoms with van der Waals surface area (Å²) in [6.07, 6.45) is 1.59. The highest BCUT2D eigenvalue weighted by Gasteiger charge is 2.29. The third-order valence-corrected chi connectivity index (χ3v) is 5.97. The van der Waals surface area contributed by atoms with E-state index in [0.29, 0.717) is 6.61 Å². The molecular weight excluding hydrogens is 358 g/mol. The lowest BCUT2D eigenvalue weighted by Crippen LogP contribution is -2.42. The molecule has 0 N–H and O–H groups in total. The summed E-state index contributed by atoms with van der Waals surface area (Å²) in [6.45, 7) is 8.10. The quantitative estimate of drug-likeness (QED) is 0.489. The van der Waals surface area contributed by atoms with Crippen molar-refractivity contribution >= 4 is 10.0 Å². The maximum absolute atomic E-state index is 13.1. The Bertz CT molecular complexity index is 894. The number of nitrogens with zero attached hydrogens (tertiary/aromatic N) is 1. The zero-order chi connectivity index (χ0) is 19.7. The van der Waals surface area contributed by atoms with Crippen LogP contribution in [0.15, 0.2) is 72.1 Å². The van der Waals surface area contributed by atoms with Crippen LogP contribution >= 0.6 is 0 Å². The van der Waals surface area contributed by atoms with Crippen LogP contribution in [0, 0.1) is 18.8 Å². The number of hydrogen-bond donors (Lipinski definition) is 0. The third-order valence-electron chi connectivity index (χ3n) is 4.08. The molecule has 142 valence electrons. The average molecular weight is 384 g/mol. The molecule has 2 aromatic rings. The molecule has 5 heteroatoms. The van der Waals surface area contributed by atoms with Crippen LogP contribution < -0.4 is 0 Å². The molecule has 0 heterocycles. The lowest BCUT2D eigenvalue weighted by atomic mass is 10.2. The van der Waals surface area contributed by atoms with Gasteiger partial charge in [0, 0.05) is 0 Å². The minimum atomic E-state index is -3.72. The van der Waals surface area contributed by atoms with E-state index in [-0.39, 0.29) is 18.0 Å². The maximum Gasteiger partial charge on any atom is 0.244 e. The first-order chi connectivity index (χ1) is 13.0. The lowest BCUT2D eigenvalue weighted by Gasteiger charge is -2.27. The van der Waals surface area contributed by atoms with E-state index < -0.39 is 16.1 Å². The smallest absolute Gasteiger partial charge is 0.244 e. The van der Waals surface area contributed by atoms with Gasteiger partial charge in [0.2, 0.25) is 10.0 Å². The second-order valence-electron chi connectivity index (χ2n) is 6.09. The van der Waals surface area contributed by atoms with E-state index in [9.17, 15) is 8.42 Å². The van der Waals surface area contributed by atoms with Gasteiger partial charge in [-0.25, -0.2) is 8.42 Å². The van der Waals surface area contributed by atoms with Crippen molar-refractivity contribution < 1.29 is 13.2 Å². The van der Waals surface area contributed by atoms with E-state index in [1.54, 1.807) is 37.3 Å². The second-order valence-corrected chi connectivity index (χ2v) is 7.98. The van der Waals surface area contributed by atoms with Crippen LogP contribution in [0.2, 0.25) is 0 Å². The predicted octanol–water partition coefficient (Wildman–Crippen LogP) is 3.78. The fourth-order valence-electron chi connectivity index (χ4n) is 2.52. The molecule has 2 aromatic carbocycles. The Balaban J connectivity index is 2.19. The number of ether oxygens (including phenoxy) is 1. The lowest BCUT2D eigenvalue weighted by molar-refractivity contribution is 0.0934. The van der Waals surface area contributed by atoms with Crippen molar-refractivity contribution in [3.05, 3.63) is 78.4 Å². The van der Waals surface area contributed by atoms with Gasteiger partial charge in [-0.1, -0.05) is 60.0 Å². The summed E-state index contributed by atoms with van der Waals surface area (Å²) in [4.78, 5) is 0.237.